The topological polar surface area (TPSA) is 82.3 Å². The molecule has 1 aliphatic rings. The number of nitrogen functional groups attached to an aromatic ring is 1. The highest BCUT2D eigenvalue weighted by molar-refractivity contribution is 5.61. The van der Waals surface area contributed by atoms with Gasteiger partial charge in [-0.3, -0.25) is 4.98 Å². The fraction of sp³-hybridized carbons (Fsp3) is 0.167. The largest absolute Gasteiger partial charge is 0.486 e. The van der Waals surface area contributed by atoms with Crippen LogP contribution in [0.5, 0.6) is 11.5 Å². The van der Waals surface area contributed by atoms with Gasteiger partial charge >= 0.3 is 0 Å². The highest BCUT2D eigenvalue weighted by atomic mass is 16.6. The Morgan fingerprint density at radius 1 is 1.11 bits per heavy atom. The smallest absolute Gasteiger partial charge is 0.163 e. The zero-order chi connectivity index (χ0) is 12.4. The Kier molecular flexibility index (Phi) is 2.60. The van der Waals surface area contributed by atoms with Gasteiger partial charge in [0.15, 0.2) is 17.3 Å². The zero-order valence-corrected chi connectivity index (χ0v) is 9.59. The number of anilines is 3. The summed E-state index contributed by atoms with van der Waals surface area (Å²) in [5.41, 5.74) is 6.41. The van der Waals surface area contributed by atoms with Gasteiger partial charge in [-0.2, -0.15) is 0 Å². The number of aromatic nitrogens is 2. The van der Waals surface area contributed by atoms with E-state index in [1.165, 1.54) is 6.20 Å². The minimum Gasteiger partial charge on any atom is -0.486 e. The molecule has 3 N–H and O–H groups in total. The zero-order valence-electron chi connectivity index (χ0n) is 9.59. The molecule has 0 unspecified atom stereocenters. The number of rotatable bonds is 2. The number of nitrogens with zero attached hydrogens (tertiary/aromatic N) is 2. The van der Waals surface area contributed by atoms with E-state index in [4.69, 9.17) is 15.2 Å². The maximum atomic E-state index is 5.56. The number of ether oxygens (including phenoxy) is 2. The second kappa shape index (κ2) is 4.40. The minimum absolute atomic E-state index is 0.373. The van der Waals surface area contributed by atoms with Crippen molar-refractivity contribution >= 4 is 17.3 Å². The molecule has 1 aliphatic heterocycles. The van der Waals surface area contributed by atoms with Crippen LogP contribution in [0.1, 0.15) is 0 Å². The SMILES string of the molecule is Nc1cncc(Nc2ccc3c(c2)OCCO3)n1. The van der Waals surface area contributed by atoms with Crippen LogP contribution in [0.25, 0.3) is 0 Å². The summed E-state index contributed by atoms with van der Waals surface area (Å²) in [4.78, 5) is 8.07. The third-order valence-electron chi connectivity index (χ3n) is 2.47. The molecule has 1 aromatic heterocycles. The maximum Gasteiger partial charge on any atom is 0.163 e. The number of fused-ring (bicyclic) bond motifs is 1. The van der Waals surface area contributed by atoms with Crippen molar-refractivity contribution in [1.29, 1.82) is 0 Å². The standard InChI is InChI=1S/C12H12N4O2/c13-11-6-14-7-12(16-11)15-8-1-2-9-10(5-8)18-4-3-17-9/h1-2,5-7H,3-4H2,(H3,13,15,16). The van der Waals surface area contributed by atoms with Crippen LogP contribution in [0.4, 0.5) is 17.3 Å². The van der Waals surface area contributed by atoms with Gasteiger partial charge < -0.3 is 20.5 Å². The summed E-state index contributed by atoms with van der Waals surface area (Å²) < 4.78 is 10.9. The van der Waals surface area contributed by atoms with E-state index in [9.17, 15) is 0 Å². The van der Waals surface area contributed by atoms with Crippen LogP contribution in [0.15, 0.2) is 30.6 Å². The predicted octanol–water partition coefficient (Wildman–Crippen LogP) is 1.57. The third kappa shape index (κ3) is 2.13. The highest BCUT2D eigenvalue weighted by Gasteiger charge is 2.11. The van der Waals surface area contributed by atoms with Crippen LogP contribution < -0.4 is 20.5 Å². The normalized spacial score (nSPS) is 13.1. The number of benzene rings is 1. The summed E-state index contributed by atoms with van der Waals surface area (Å²) in [5, 5.41) is 3.11. The Hall–Kier alpha value is -2.50. The number of nitrogens with one attached hydrogen (secondary N) is 1. The van der Waals surface area contributed by atoms with Crippen LogP contribution in [0.2, 0.25) is 0 Å². The second-order valence-corrected chi connectivity index (χ2v) is 3.81. The molecule has 0 amide bonds. The monoisotopic (exact) mass is 244 g/mol. The summed E-state index contributed by atoms with van der Waals surface area (Å²) in [6.45, 7) is 1.15. The van der Waals surface area contributed by atoms with Crippen LogP contribution in [-0.4, -0.2) is 23.2 Å². The molecule has 1 aromatic carbocycles. The molecule has 2 aromatic rings. The summed E-state index contributed by atoms with van der Waals surface area (Å²) >= 11 is 0. The first-order valence-corrected chi connectivity index (χ1v) is 5.55. The van der Waals surface area contributed by atoms with Gasteiger partial charge in [-0.15, -0.1) is 0 Å². The molecule has 0 spiro atoms. The van der Waals surface area contributed by atoms with Crippen molar-refractivity contribution in [1.82, 2.24) is 9.97 Å². The molecule has 0 saturated heterocycles. The Morgan fingerprint density at radius 2 is 1.94 bits per heavy atom. The molecular weight excluding hydrogens is 232 g/mol. The lowest BCUT2D eigenvalue weighted by atomic mass is 10.2. The van der Waals surface area contributed by atoms with Gasteiger partial charge in [0.05, 0.1) is 12.4 Å². The van der Waals surface area contributed by atoms with Gasteiger partial charge in [0, 0.05) is 11.8 Å². The average Bonchev–Trinajstić information content (AvgIpc) is 2.39. The summed E-state index contributed by atoms with van der Waals surface area (Å²) in [6.07, 6.45) is 3.10. The van der Waals surface area contributed by atoms with Gasteiger partial charge in [-0.05, 0) is 12.1 Å². The molecule has 6 nitrogen and oxygen atoms in total. The molecular formula is C12H12N4O2. The summed E-state index contributed by atoms with van der Waals surface area (Å²) in [6, 6.07) is 5.61. The van der Waals surface area contributed by atoms with Crippen molar-refractivity contribution in [3.63, 3.8) is 0 Å². The molecule has 2 heterocycles. The Morgan fingerprint density at radius 3 is 2.78 bits per heavy atom. The third-order valence-corrected chi connectivity index (χ3v) is 2.47. The van der Waals surface area contributed by atoms with Crippen LogP contribution >= 0.6 is 0 Å². The quantitative estimate of drug-likeness (QED) is 0.834. The van der Waals surface area contributed by atoms with Crippen molar-refractivity contribution in [3.05, 3.63) is 30.6 Å². The molecule has 0 radical (unpaired) electrons. The van der Waals surface area contributed by atoms with Crippen molar-refractivity contribution in [3.8, 4) is 11.5 Å². The van der Waals surface area contributed by atoms with E-state index in [1.807, 2.05) is 18.2 Å². The van der Waals surface area contributed by atoms with Gasteiger partial charge in [0.25, 0.3) is 0 Å². The molecule has 3 rings (SSSR count). The lowest BCUT2D eigenvalue weighted by Gasteiger charge is -2.19. The summed E-state index contributed by atoms with van der Waals surface area (Å²) in [5.74, 6) is 2.44. The Bertz CT molecular complexity index is 574. The van der Waals surface area contributed by atoms with E-state index in [1.54, 1.807) is 6.20 Å². The van der Waals surface area contributed by atoms with E-state index >= 15 is 0 Å². The van der Waals surface area contributed by atoms with E-state index in [0.717, 1.165) is 17.2 Å². The van der Waals surface area contributed by atoms with Crippen molar-refractivity contribution in [2.75, 3.05) is 24.3 Å². The fourth-order valence-corrected chi connectivity index (χ4v) is 1.71. The maximum absolute atomic E-state index is 5.56. The fourth-order valence-electron chi connectivity index (χ4n) is 1.71. The molecule has 0 fully saturated rings. The molecule has 6 heteroatoms. The molecule has 0 aliphatic carbocycles. The Balaban J connectivity index is 1.85. The van der Waals surface area contributed by atoms with Crippen LogP contribution in [0.3, 0.4) is 0 Å². The second-order valence-electron chi connectivity index (χ2n) is 3.81. The van der Waals surface area contributed by atoms with Crippen LogP contribution in [0, 0.1) is 0 Å². The number of nitrogens with two attached hydrogens (primary N) is 1. The first-order chi connectivity index (χ1) is 8.81. The molecule has 0 saturated carbocycles. The molecule has 0 bridgehead atoms. The van der Waals surface area contributed by atoms with E-state index in [0.29, 0.717) is 24.8 Å². The molecule has 18 heavy (non-hydrogen) atoms. The molecule has 0 atom stereocenters. The molecule has 92 valence electrons. The van der Waals surface area contributed by atoms with Crippen molar-refractivity contribution in [2.24, 2.45) is 0 Å². The Labute approximate surface area is 104 Å². The van der Waals surface area contributed by atoms with Gasteiger partial charge in [-0.25, -0.2) is 4.98 Å². The van der Waals surface area contributed by atoms with Crippen molar-refractivity contribution in [2.45, 2.75) is 0 Å². The average molecular weight is 244 g/mol. The van der Waals surface area contributed by atoms with E-state index in [-0.39, 0.29) is 0 Å². The van der Waals surface area contributed by atoms with Gasteiger partial charge in [0.2, 0.25) is 0 Å². The first-order valence-electron chi connectivity index (χ1n) is 5.55. The predicted molar refractivity (Wildman–Crippen MR) is 67.2 cm³/mol. The summed E-state index contributed by atoms with van der Waals surface area (Å²) in [7, 11) is 0. The van der Waals surface area contributed by atoms with Gasteiger partial charge in [0.1, 0.15) is 19.0 Å². The highest BCUT2D eigenvalue weighted by Crippen LogP contribution is 2.33. The number of hydrogen-bond donors (Lipinski definition) is 2. The van der Waals surface area contributed by atoms with Crippen LogP contribution in [-0.2, 0) is 0 Å². The minimum atomic E-state index is 0.373. The number of hydrogen-bond acceptors (Lipinski definition) is 6. The lowest BCUT2D eigenvalue weighted by molar-refractivity contribution is 0.171. The van der Waals surface area contributed by atoms with E-state index in [2.05, 4.69) is 15.3 Å². The van der Waals surface area contributed by atoms with Crippen molar-refractivity contribution < 1.29 is 9.47 Å². The first kappa shape index (κ1) is 10.6. The van der Waals surface area contributed by atoms with Gasteiger partial charge in [-0.1, -0.05) is 0 Å². The van der Waals surface area contributed by atoms with E-state index < -0.39 is 0 Å². The lowest BCUT2D eigenvalue weighted by Crippen LogP contribution is -2.15.